The first kappa shape index (κ1) is 22.9. The molecule has 0 amide bonds. The zero-order valence-corrected chi connectivity index (χ0v) is 19.8. The van der Waals surface area contributed by atoms with Gasteiger partial charge in [0.1, 0.15) is 18.1 Å². The molecule has 1 unspecified atom stereocenters. The zero-order chi connectivity index (χ0) is 25.6. The number of benzene rings is 1. The van der Waals surface area contributed by atoms with Crippen LogP contribution < -0.4 is 20.3 Å². The van der Waals surface area contributed by atoms with Gasteiger partial charge in [0.05, 0.1) is 34.4 Å². The van der Waals surface area contributed by atoms with Crippen LogP contribution in [0.2, 0.25) is 0 Å². The van der Waals surface area contributed by atoms with Crippen LogP contribution >= 0.6 is 0 Å². The molecule has 0 saturated carbocycles. The molecule has 0 radical (unpaired) electrons. The third-order valence-electron chi connectivity index (χ3n) is 7.14. The molecule has 0 bridgehead atoms. The summed E-state index contributed by atoms with van der Waals surface area (Å²) >= 11 is 0. The highest BCUT2D eigenvalue weighted by Crippen LogP contribution is 2.47. The molecule has 2 aromatic heterocycles. The van der Waals surface area contributed by atoms with Crippen LogP contribution in [-0.2, 0) is 28.3 Å². The number of pyridine rings is 2. The summed E-state index contributed by atoms with van der Waals surface area (Å²) in [7, 11) is 0. The van der Waals surface area contributed by atoms with Crippen LogP contribution in [0, 0.1) is 0 Å². The van der Waals surface area contributed by atoms with E-state index >= 15 is 0 Å². The number of ether oxygens (including phenoxy) is 3. The van der Waals surface area contributed by atoms with Crippen molar-refractivity contribution in [2.75, 3.05) is 6.79 Å². The molecule has 36 heavy (non-hydrogen) atoms. The highest BCUT2D eigenvalue weighted by molar-refractivity contribution is 5.98. The summed E-state index contributed by atoms with van der Waals surface area (Å²) in [5.74, 6) is 0.157. The number of nitrogens with one attached hydrogen (secondary N) is 1. The summed E-state index contributed by atoms with van der Waals surface area (Å²) in [6.07, 6.45) is 0.0212. The van der Waals surface area contributed by atoms with E-state index in [-0.39, 0.29) is 37.5 Å². The number of carbonyl (C=O) groups excluding carboxylic acids is 1. The Bertz CT molecular complexity index is 1530. The number of aromatic nitrogens is 2. The highest BCUT2D eigenvalue weighted by atomic mass is 19.3. The zero-order valence-electron chi connectivity index (χ0n) is 19.8. The SMILES string of the molecule is CC[C@@]1(O)C(=O)OCc2c1cc1n(c2=O)Cc2c-1nc1c(C(C)NC(C)(F)F)ccc3c1c2OCO3. The number of nitrogens with zero attached hydrogens (tertiary/aromatic N) is 2. The first-order valence-electron chi connectivity index (χ1n) is 11.6. The van der Waals surface area contributed by atoms with Crippen molar-refractivity contribution in [2.45, 2.75) is 58.0 Å². The van der Waals surface area contributed by atoms with Crippen LogP contribution in [-0.4, -0.2) is 33.5 Å². The second kappa shape index (κ2) is 7.47. The normalized spacial score (nSPS) is 20.7. The maximum Gasteiger partial charge on any atom is 0.343 e. The Morgan fingerprint density at radius 3 is 2.75 bits per heavy atom. The van der Waals surface area contributed by atoms with Crippen molar-refractivity contribution in [3.8, 4) is 22.9 Å². The molecule has 5 heterocycles. The Morgan fingerprint density at radius 2 is 2.03 bits per heavy atom. The summed E-state index contributed by atoms with van der Waals surface area (Å²) in [6, 6.07) is 1.08. The van der Waals surface area contributed by atoms with E-state index in [4.69, 9.17) is 19.2 Å². The summed E-state index contributed by atoms with van der Waals surface area (Å²) in [5, 5.41) is 13.9. The van der Waals surface area contributed by atoms with Crippen LogP contribution in [0.3, 0.4) is 0 Å². The number of aliphatic hydroxyl groups is 1. The second-order valence-electron chi connectivity index (χ2n) is 9.41. The van der Waals surface area contributed by atoms with E-state index in [2.05, 4.69) is 5.32 Å². The molecule has 11 heteroatoms. The van der Waals surface area contributed by atoms with E-state index in [1.807, 2.05) is 0 Å². The monoisotopic (exact) mass is 499 g/mol. The Hall–Kier alpha value is -3.57. The van der Waals surface area contributed by atoms with Crippen molar-refractivity contribution < 1.29 is 32.9 Å². The van der Waals surface area contributed by atoms with Crippen molar-refractivity contribution in [2.24, 2.45) is 0 Å². The number of hydrogen-bond donors (Lipinski definition) is 2. The molecule has 1 aromatic carbocycles. The number of carbonyl (C=O) groups is 1. The van der Waals surface area contributed by atoms with E-state index in [0.717, 1.165) is 6.92 Å². The van der Waals surface area contributed by atoms with Crippen LogP contribution in [0.1, 0.15) is 55.5 Å². The molecule has 3 aromatic rings. The molecule has 3 aliphatic rings. The fourth-order valence-corrected chi connectivity index (χ4v) is 5.37. The van der Waals surface area contributed by atoms with Gasteiger partial charge in [0, 0.05) is 24.1 Å². The molecule has 6 rings (SSSR count). The molecule has 2 N–H and O–H groups in total. The lowest BCUT2D eigenvalue weighted by Gasteiger charge is -2.31. The van der Waals surface area contributed by atoms with Gasteiger partial charge in [-0.25, -0.2) is 9.78 Å². The van der Waals surface area contributed by atoms with E-state index < -0.39 is 29.2 Å². The number of esters is 1. The average molecular weight is 499 g/mol. The molecule has 2 atom stereocenters. The lowest BCUT2D eigenvalue weighted by molar-refractivity contribution is -0.172. The largest absolute Gasteiger partial charge is 0.458 e. The van der Waals surface area contributed by atoms with Gasteiger partial charge in [-0.3, -0.25) is 10.1 Å². The van der Waals surface area contributed by atoms with Crippen molar-refractivity contribution in [1.82, 2.24) is 14.9 Å². The minimum Gasteiger partial charge on any atom is -0.458 e. The fourth-order valence-electron chi connectivity index (χ4n) is 5.37. The van der Waals surface area contributed by atoms with Gasteiger partial charge in [0.25, 0.3) is 11.6 Å². The summed E-state index contributed by atoms with van der Waals surface area (Å²) in [5.41, 5.74) is 0.412. The first-order valence-corrected chi connectivity index (χ1v) is 11.6. The molecule has 0 aliphatic carbocycles. The molecule has 188 valence electrons. The molecule has 0 spiro atoms. The van der Waals surface area contributed by atoms with Gasteiger partial charge in [-0.2, -0.15) is 8.78 Å². The minimum absolute atomic E-state index is 0.0212. The Labute approximate surface area is 203 Å². The third-order valence-corrected chi connectivity index (χ3v) is 7.14. The maximum atomic E-state index is 13.8. The van der Waals surface area contributed by atoms with E-state index in [9.17, 15) is 23.5 Å². The molecular weight excluding hydrogens is 476 g/mol. The summed E-state index contributed by atoms with van der Waals surface area (Å²) in [4.78, 5) is 30.7. The van der Waals surface area contributed by atoms with Gasteiger partial charge < -0.3 is 23.9 Å². The minimum atomic E-state index is -3.12. The number of halogens is 2. The number of cyclic esters (lactones) is 1. The van der Waals surface area contributed by atoms with Gasteiger partial charge >= 0.3 is 5.97 Å². The van der Waals surface area contributed by atoms with Crippen LogP contribution in [0.4, 0.5) is 8.78 Å². The van der Waals surface area contributed by atoms with Crippen LogP contribution in [0.5, 0.6) is 11.5 Å². The standard InChI is InChI=1S/C25H23F2N3O6/c1-4-25(33)15-7-16-19-13(8-30(16)22(31)14(15)9-34-23(25)32)21-18-17(35-10-36-21)6-5-12(20(18)28-19)11(2)29-24(3,26)27/h5-7,11,29,33H,4,8-10H2,1-3H3/t11?,25-/m0/s1. The Morgan fingerprint density at radius 1 is 1.25 bits per heavy atom. The average Bonchev–Trinajstić information content (AvgIpc) is 3.20. The molecular formula is C25H23F2N3O6. The van der Waals surface area contributed by atoms with Crippen molar-refractivity contribution in [3.05, 3.63) is 50.8 Å². The third kappa shape index (κ3) is 3.09. The van der Waals surface area contributed by atoms with Gasteiger partial charge in [-0.1, -0.05) is 13.0 Å². The van der Waals surface area contributed by atoms with E-state index in [1.54, 1.807) is 32.0 Å². The number of fused-ring (bicyclic) bond motifs is 5. The van der Waals surface area contributed by atoms with E-state index in [0.29, 0.717) is 44.9 Å². The first-order chi connectivity index (χ1) is 17.0. The smallest absolute Gasteiger partial charge is 0.343 e. The lowest BCUT2D eigenvalue weighted by Crippen LogP contribution is -2.44. The van der Waals surface area contributed by atoms with Gasteiger partial charge in [-0.05, 0) is 31.0 Å². The predicted molar refractivity (Wildman–Crippen MR) is 123 cm³/mol. The highest BCUT2D eigenvalue weighted by Gasteiger charge is 2.45. The fraction of sp³-hybridized carbons (Fsp3) is 0.400. The lowest BCUT2D eigenvalue weighted by atomic mass is 9.86. The van der Waals surface area contributed by atoms with Gasteiger partial charge in [0.2, 0.25) is 6.79 Å². The van der Waals surface area contributed by atoms with Crippen molar-refractivity contribution >= 4 is 16.9 Å². The Balaban J connectivity index is 1.63. The van der Waals surface area contributed by atoms with Crippen LogP contribution in [0.15, 0.2) is 23.0 Å². The summed E-state index contributed by atoms with van der Waals surface area (Å²) in [6.45, 7) is 3.87. The summed E-state index contributed by atoms with van der Waals surface area (Å²) < 4.78 is 45.7. The number of rotatable bonds is 4. The topological polar surface area (TPSA) is 112 Å². The molecule has 9 nitrogen and oxygen atoms in total. The maximum absolute atomic E-state index is 13.8. The Kier molecular flexibility index (Phi) is 4.74. The predicted octanol–water partition coefficient (Wildman–Crippen LogP) is 3.07. The second-order valence-corrected chi connectivity index (χ2v) is 9.41. The van der Waals surface area contributed by atoms with Crippen molar-refractivity contribution in [3.63, 3.8) is 0 Å². The number of hydrogen-bond acceptors (Lipinski definition) is 8. The molecule has 0 saturated heterocycles. The van der Waals surface area contributed by atoms with Gasteiger partial charge in [-0.15, -0.1) is 0 Å². The van der Waals surface area contributed by atoms with Crippen molar-refractivity contribution in [1.29, 1.82) is 0 Å². The molecule has 3 aliphatic heterocycles. The van der Waals surface area contributed by atoms with Crippen LogP contribution in [0.25, 0.3) is 22.3 Å². The quantitative estimate of drug-likeness (QED) is 0.326. The van der Waals surface area contributed by atoms with Gasteiger partial charge in [0.15, 0.2) is 5.60 Å². The van der Waals surface area contributed by atoms with E-state index in [1.165, 1.54) is 4.57 Å². The molecule has 0 fully saturated rings. The number of alkyl halides is 2.